The van der Waals surface area contributed by atoms with Crippen LogP contribution >= 0.6 is 0 Å². The number of nitrogens with one attached hydrogen (secondary N) is 1. The van der Waals surface area contributed by atoms with Gasteiger partial charge in [-0.15, -0.1) is 5.10 Å². The number of ether oxygens (including phenoxy) is 3. The fourth-order valence-electron chi connectivity index (χ4n) is 8.05. The summed E-state index contributed by atoms with van der Waals surface area (Å²) >= 11 is 0. The van der Waals surface area contributed by atoms with E-state index in [-0.39, 0.29) is 74.9 Å². The number of benzene rings is 3. The molecule has 0 saturated carbocycles. The maximum Gasteiger partial charge on any atom is 0.416 e. The number of fused-ring (bicyclic) bond motifs is 3. The molecule has 18 heteroatoms. The number of carbonyl (C=O) groups excluding carboxylic acids is 1. The highest BCUT2D eigenvalue weighted by Crippen LogP contribution is 2.41. The largest absolute Gasteiger partial charge is 0.485 e. The third-order valence-electron chi connectivity index (χ3n) is 11.1. The quantitative estimate of drug-likeness (QED) is 0.168. The number of aliphatic hydroxyl groups excluding tert-OH is 1. The number of hydrogen-bond acceptors (Lipinski definition) is 12. The second kappa shape index (κ2) is 15.5. The zero-order valence-electron chi connectivity index (χ0n) is 32.7. The van der Waals surface area contributed by atoms with Crippen LogP contribution in [0.25, 0.3) is 17.2 Å². The molecular formula is C42H40F3N9O6. The van der Waals surface area contributed by atoms with E-state index in [9.17, 15) is 27.9 Å². The van der Waals surface area contributed by atoms with E-state index in [0.29, 0.717) is 70.4 Å². The molecule has 1 fully saturated rings. The number of halogens is 3. The van der Waals surface area contributed by atoms with Crippen molar-refractivity contribution < 1.29 is 37.3 Å². The number of carbonyl (C=O) groups is 1. The first-order valence-corrected chi connectivity index (χ1v) is 19.6. The van der Waals surface area contributed by atoms with Gasteiger partial charge in [0, 0.05) is 43.1 Å². The molecule has 0 radical (unpaired) electrons. The highest BCUT2D eigenvalue weighted by Gasteiger charge is 2.38. The molecule has 3 aromatic heterocycles. The van der Waals surface area contributed by atoms with Gasteiger partial charge in [0.2, 0.25) is 12.6 Å². The van der Waals surface area contributed by atoms with E-state index in [1.807, 2.05) is 42.2 Å². The van der Waals surface area contributed by atoms with Gasteiger partial charge in [0.05, 0.1) is 17.8 Å². The van der Waals surface area contributed by atoms with E-state index in [2.05, 4.69) is 20.4 Å². The van der Waals surface area contributed by atoms with Crippen LogP contribution in [-0.4, -0.2) is 84.2 Å². The van der Waals surface area contributed by atoms with Crippen LogP contribution in [-0.2, 0) is 38.6 Å². The van der Waals surface area contributed by atoms with Gasteiger partial charge >= 0.3 is 6.18 Å². The number of piperazine rings is 1. The van der Waals surface area contributed by atoms with Crippen molar-refractivity contribution in [3.63, 3.8) is 0 Å². The zero-order valence-corrected chi connectivity index (χ0v) is 32.7. The Morgan fingerprint density at radius 3 is 2.48 bits per heavy atom. The Bertz CT molecular complexity index is 2680. The molecule has 0 bridgehead atoms. The van der Waals surface area contributed by atoms with E-state index >= 15 is 0 Å². The van der Waals surface area contributed by atoms with Crippen LogP contribution in [0.5, 0.6) is 17.2 Å². The summed E-state index contributed by atoms with van der Waals surface area (Å²) in [6, 6.07) is 17.2. The van der Waals surface area contributed by atoms with Gasteiger partial charge in [0.25, 0.3) is 11.5 Å². The highest BCUT2D eigenvalue weighted by molar-refractivity contribution is 5.95. The number of nitrogens with zero attached hydrogens (tertiary/aromatic N) is 8. The zero-order chi connectivity index (χ0) is 41.7. The molecule has 1 unspecified atom stereocenters. The van der Waals surface area contributed by atoms with Gasteiger partial charge in [0.15, 0.2) is 28.8 Å². The number of aromatic nitrogens is 6. The van der Waals surface area contributed by atoms with Crippen LogP contribution in [0.1, 0.15) is 51.1 Å². The first kappa shape index (κ1) is 38.8. The molecule has 6 aromatic rings. The van der Waals surface area contributed by atoms with E-state index in [1.54, 1.807) is 34.6 Å². The number of anilines is 2. The highest BCUT2D eigenvalue weighted by atomic mass is 19.4. The first-order chi connectivity index (χ1) is 29.0. The summed E-state index contributed by atoms with van der Waals surface area (Å²) in [4.78, 5) is 45.5. The second-order valence-corrected chi connectivity index (χ2v) is 14.7. The lowest BCUT2D eigenvalue weighted by atomic mass is 9.83. The van der Waals surface area contributed by atoms with Gasteiger partial charge in [-0.2, -0.15) is 22.7 Å². The Morgan fingerprint density at radius 2 is 1.75 bits per heavy atom. The number of amides is 1. The van der Waals surface area contributed by atoms with E-state index < -0.39 is 23.5 Å². The lowest BCUT2D eigenvalue weighted by molar-refractivity contribution is -0.138. The van der Waals surface area contributed by atoms with Gasteiger partial charge in [-0.25, -0.2) is 9.97 Å². The molecule has 1 aliphatic carbocycles. The predicted octanol–water partition coefficient (Wildman–Crippen LogP) is 5.04. The van der Waals surface area contributed by atoms with Crippen LogP contribution in [0.15, 0.2) is 71.8 Å². The average molecular weight is 824 g/mol. The van der Waals surface area contributed by atoms with Crippen molar-refractivity contribution in [1.29, 1.82) is 0 Å². The normalized spacial score (nSPS) is 15.2. The molecule has 15 nitrogen and oxygen atoms in total. The number of aliphatic hydroxyl groups is 1. The minimum absolute atomic E-state index is 0.0686. The van der Waals surface area contributed by atoms with E-state index in [1.165, 1.54) is 16.9 Å². The predicted molar refractivity (Wildman–Crippen MR) is 212 cm³/mol. The fourth-order valence-corrected chi connectivity index (χ4v) is 8.05. The molecule has 9 rings (SSSR count). The lowest BCUT2D eigenvalue weighted by Crippen LogP contribution is -2.51. The molecule has 2 N–H and O–H groups in total. The smallest absolute Gasteiger partial charge is 0.416 e. The van der Waals surface area contributed by atoms with Gasteiger partial charge in [-0.1, -0.05) is 37.3 Å². The Labute approximate surface area is 341 Å². The maximum atomic E-state index is 14.6. The molecule has 310 valence electrons. The number of rotatable bonds is 11. The molecule has 2 aliphatic heterocycles. The summed E-state index contributed by atoms with van der Waals surface area (Å²) in [6.45, 7) is 4.88. The summed E-state index contributed by atoms with van der Waals surface area (Å²) in [5.41, 5.74) is 3.08. The Morgan fingerprint density at radius 1 is 0.983 bits per heavy atom. The van der Waals surface area contributed by atoms with Gasteiger partial charge < -0.3 is 39.0 Å². The van der Waals surface area contributed by atoms with Crippen molar-refractivity contribution in [2.45, 2.75) is 58.7 Å². The molecule has 3 aliphatic rings. The van der Waals surface area contributed by atoms with Crippen molar-refractivity contribution in [2.24, 2.45) is 0 Å². The van der Waals surface area contributed by atoms with Crippen LogP contribution in [0.2, 0.25) is 0 Å². The number of hydrogen-bond donors (Lipinski definition) is 2. The van der Waals surface area contributed by atoms with Crippen molar-refractivity contribution in [3.05, 3.63) is 117 Å². The number of alkyl halides is 3. The molecule has 1 saturated heterocycles. The average Bonchev–Trinajstić information content (AvgIpc) is 3.90. The van der Waals surface area contributed by atoms with Crippen LogP contribution < -0.4 is 30.0 Å². The van der Waals surface area contributed by atoms with Gasteiger partial charge in [-0.05, 0) is 73.2 Å². The molecule has 3 aromatic carbocycles. The SMILES string of the molecule is CCc1c(N2CCN(C(=O)c3ncnc(C)c3OCc3ccccc3)CC2)c(=O)n2nc(-c3ccc4c(c3)OCO4)nc2n1CC(O)Nc1ccc(C(F)(F)F)c2c1CC2. The molecule has 5 heterocycles. The van der Waals surface area contributed by atoms with Gasteiger partial charge in [0.1, 0.15) is 24.8 Å². The molecule has 1 amide bonds. The summed E-state index contributed by atoms with van der Waals surface area (Å²) in [7, 11) is 0. The topological polar surface area (TPSA) is 161 Å². The maximum absolute atomic E-state index is 14.6. The summed E-state index contributed by atoms with van der Waals surface area (Å²) < 4.78 is 61.1. The van der Waals surface area contributed by atoms with Crippen molar-refractivity contribution in [2.75, 3.05) is 43.2 Å². The molecule has 0 spiro atoms. The van der Waals surface area contributed by atoms with E-state index in [4.69, 9.17) is 19.2 Å². The van der Waals surface area contributed by atoms with Gasteiger partial charge in [-0.3, -0.25) is 9.59 Å². The minimum Gasteiger partial charge on any atom is -0.485 e. The van der Waals surface area contributed by atoms with E-state index in [0.717, 1.165) is 11.6 Å². The third-order valence-corrected chi connectivity index (χ3v) is 11.1. The van der Waals surface area contributed by atoms with Crippen LogP contribution in [0.3, 0.4) is 0 Å². The summed E-state index contributed by atoms with van der Waals surface area (Å²) in [5.74, 6) is 1.43. The first-order valence-electron chi connectivity index (χ1n) is 19.6. The Kier molecular flexibility index (Phi) is 10.0. The molecule has 1 atom stereocenters. The summed E-state index contributed by atoms with van der Waals surface area (Å²) in [6.07, 6.45) is -3.36. The third kappa shape index (κ3) is 7.09. The van der Waals surface area contributed by atoms with Crippen molar-refractivity contribution in [1.82, 2.24) is 34.0 Å². The Balaban J connectivity index is 1.03. The standard InChI is InChI=1S/C42H40F3N9O6/c1-3-31-36(51-15-17-52(18-16-51)39(56)35-37(24(2)46-22-47-35)58-21-25-7-5-4-6-8-25)40(57)54-41(49-38(50-54)26-9-14-32-33(19-26)60-23-59-32)53(31)20-34(55)48-30-13-12-29(42(43,44)45)27-10-11-28(27)30/h4-9,12-14,19,22,34,48,55H,3,10-11,15-18,20-21,23H2,1-2H3. The minimum atomic E-state index is -4.48. The van der Waals surface area contributed by atoms with Crippen LogP contribution in [0, 0.1) is 6.92 Å². The Hall–Kier alpha value is -6.69. The van der Waals surface area contributed by atoms with Crippen molar-refractivity contribution >= 4 is 23.1 Å². The monoisotopic (exact) mass is 823 g/mol. The fraction of sp³-hybridized carbons (Fsp3) is 0.333. The van der Waals surface area contributed by atoms with Crippen LogP contribution in [0.4, 0.5) is 24.5 Å². The second-order valence-electron chi connectivity index (χ2n) is 14.7. The van der Waals surface area contributed by atoms with Crippen molar-refractivity contribution in [3.8, 4) is 28.6 Å². The molecule has 60 heavy (non-hydrogen) atoms. The summed E-state index contributed by atoms with van der Waals surface area (Å²) in [5, 5.41) is 19.2. The lowest BCUT2D eigenvalue weighted by Gasteiger charge is -2.37. The number of aryl methyl sites for hydroxylation is 1. The molecular weight excluding hydrogens is 784 g/mol.